The maximum absolute atomic E-state index is 12.9. The van der Waals surface area contributed by atoms with Crippen molar-refractivity contribution >= 4 is 47.5 Å². The number of thiophene rings is 1. The number of carbonyl (C=O) groups is 1. The van der Waals surface area contributed by atoms with Crippen LogP contribution in [0.1, 0.15) is 37.9 Å². The molecule has 1 heterocycles. The Morgan fingerprint density at radius 3 is 2.22 bits per heavy atom. The first-order valence-electron chi connectivity index (χ1n) is 10.3. The van der Waals surface area contributed by atoms with Crippen molar-refractivity contribution in [1.82, 2.24) is 4.72 Å². The Hall–Kier alpha value is -2.68. The minimum absolute atomic E-state index is 0.00197. The number of carbonyl (C=O) groups excluding carboxylic acids is 1. The van der Waals surface area contributed by atoms with Gasteiger partial charge < -0.3 is 8.92 Å². The molecular formula is C22H22F3NO7S3. The number of alkyl halides is 3. The highest BCUT2D eigenvalue weighted by Crippen LogP contribution is 2.29. The first-order chi connectivity index (χ1) is 16.5. The molecule has 196 valence electrons. The van der Waals surface area contributed by atoms with Gasteiger partial charge in [0.25, 0.3) is 0 Å². The van der Waals surface area contributed by atoms with Gasteiger partial charge in [-0.2, -0.15) is 26.3 Å². The number of rotatable bonds is 8. The third kappa shape index (κ3) is 7.18. The van der Waals surface area contributed by atoms with E-state index in [-0.39, 0.29) is 5.56 Å². The Bertz CT molecular complexity index is 1460. The Morgan fingerprint density at radius 1 is 1.00 bits per heavy atom. The Balaban J connectivity index is 1.87. The molecule has 0 aliphatic heterocycles. The first-order valence-corrected chi connectivity index (χ1v) is 14.2. The summed E-state index contributed by atoms with van der Waals surface area (Å²) in [5, 5.41) is 2.73. The zero-order valence-electron chi connectivity index (χ0n) is 19.2. The van der Waals surface area contributed by atoms with E-state index >= 15 is 0 Å². The van der Waals surface area contributed by atoms with Gasteiger partial charge in [-0.15, -0.1) is 11.3 Å². The summed E-state index contributed by atoms with van der Waals surface area (Å²) in [7, 11) is -10.0. The highest BCUT2D eigenvalue weighted by atomic mass is 32.2. The van der Waals surface area contributed by atoms with Crippen LogP contribution in [-0.2, 0) is 35.4 Å². The van der Waals surface area contributed by atoms with Crippen molar-refractivity contribution in [3.63, 3.8) is 0 Å². The molecule has 0 aliphatic rings. The second kappa shape index (κ2) is 10.00. The standard InChI is InChI=1S/C22H22F3NO7S3/c1-21(2,3)32-20(27)19(15-5-7-17(8-6-15)33-36(30,31)22(23,24)25)26-35(28,29)13-14-4-9-18-16(12-14)10-11-34-18/h4-12,19,26H,13H2,1-3H3. The molecule has 3 rings (SSSR count). The summed E-state index contributed by atoms with van der Waals surface area (Å²) >= 11 is 1.50. The number of benzene rings is 2. The van der Waals surface area contributed by atoms with Gasteiger partial charge in [0.15, 0.2) is 0 Å². The molecule has 0 spiro atoms. The number of esters is 1. The number of hydrogen-bond acceptors (Lipinski definition) is 8. The van der Waals surface area contributed by atoms with Gasteiger partial charge in [-0.3, -0.25) is 0 Å². The van der Waals surface area contributed by atoms with E-state index in [4.69, 9.17) is 4.74 Å². The highest BCUT2D eigenvalue weighted by molar-refractivity contribution is 7.88. The zero-order valence-corrected chi connectivity index (χ0v) is 21.6. The average molecular weight is 566 g/mol. The van der Waals surface area contributed by atoms with Gasteiger partial charge >= 0.3 is 21.6 Å². The second-order valence-corrected chi connectivity index (χ2v) is 12.9. The lowest BCUT2D eigenvalue weighted by atomic mass is 10.1. The fourth-order valence-electron chi connectivity index (χ4n) is 3.05. The van der Waals surface area contributed by atoms with Crippen molar-refractivity contribution in [3.05, 3.63) is 65.0 Å². The lowest BCUT2D eigenvalue weighted by Gasteiger charge is -2.25. The monoisotopic (exact) mass is 565 g/mol. The number of halogens is 3. The number of fused-ring (bicyclic) bond motifs is 1. The highest BCUT2D eigenvalue weighted by Gasteiger charge is 2.48. The molecule has 0 saturated heterocycles. The summed E-state index contributed by atoms with van der Waals surface area (Å²) in [6.45, 7) is 4.72. The van der Waals surface area contributed by atoms with E-state index in [0.29, 0.717) is 5.56 Å². The molecular weight excluding hydrogens is 543 g/mol. The van der Waals surface area contributed by atoms with Crippen molar-refractivity contribution in [2.75, 3.05) is 0 Å². The fourth-order valence-corrected chi connectivity index (χ4v) is 5.57. The van der Waals surface area contributed by atoms with Crippen molar-refractivity contribution in [1.29, 1.82) is 0 Å². The summed E-state index contributed by atoms with van der Waals surface area (Å²) in [5.74, 6) is -2.09. The van der Waals surface area contributed by atoms with Crippen molar-refractivity contribution in [2.45, 2.75) is 43.7 Å². The molecule has 1 N–H and O–H groups in total. The predicted molar refractivity (Wildman–Crippen MR) is 128 cm³/mol. The Labute approximate surface area is 210 Å². The predicted octanol–water partition coefficient (Wildman–Crippen LogP) is 4.63. The molecule has 1 unspecified atom stereocenters. The van der Waals surface area contributed by atoms with Gasteiger partial charge in [0.05, 0.1) is 5.75 Å². The summed E-state index contributed by atoms with van der Waals surface area (Å²) in [5.41, 5.74) is -6.14. The van der Waals surface area contributed by atoms with E-state index in [2.05, 4.69) is 8.91 Å². The van der Waals surface area contributed by atoms with E-state index in [9.17, 15) is 34.8 Å². The van der Waals surface area contributed by atoms with Crippen molar-refractivity contribution < 1.29 is 43.7 Å². The molecule has 36 heavy (non-hydrogen) atoms. The topological polar surface area (TPSA) is 116 Å². The fraction of sp³-hybridized carbons (Fsp3) is 0.318. The molecule has 0 amide bonds. The number of ether oxygens (including phenoxy) is 1. The molecule has 0 saturated carbocycles. The van der Waals surface area contributed by atoms with Crippen LogP contribution >= 0.6 is 11.3 Å². The van der Waals surface area contributed by atoms with E-state index in [0.717, 1.165) is 34.4 Å². The van der Waals surface area contributed by atoms with Gasteiger partial charge in [-0.1, -0.05) is 18.2 Å². The van der Waals surface area contributed by atoms with Crippen LogP contribution in [0.2, 0.25) is 0 Å². The third-order valence-corrected chi connectivity index (χ3v) is 7.70. The van der Waals surface area contributed by atoms with Gasteiger partial charge in [0.2, 0.25) is 10.0 Å². The molecule has 1 atom stereocenters. The van der Waals surface area contributed by atoms with Crippen LogP contribution < -0.4 is 8.91 Å². The second-order valence-electron chi connectivity index (χ2n) is 8.69. The zero-order chi connectivity index (χ0) is 26.9. The summed E-state index contributed by atoms with van der Waals surface area (Å²) in [6, 6.07) is 9.29. The molecule has 3 aromatic rings. The molecule has 0 aliphatic carbocycles. The van der Waals surface area contributed by atoms with E-state index < -0.39 is 54.8 Å². The van der Waals surface area contributed by atoms with Crippen LogP contribution in [0.3, 0.4) is 0 Å². The minimum atomic E-state index is -5.90. The van der Waals surface area contributed by atoms with Gasteiger partial charge in [0.1, 0.15) is 17.4 Å². The minimum Gasteiger partial charge on any atom is -0.459 e. The third-order valence-electron chi connectivity index (χ3n) is 4.52. The van der Waals surface area contributed by atoms with Crippen LogP contribution in [0.4, 0.5) is 13.2 Å². The summed E-state index contributed by atoms with van der Waals surface area (Å²) in [6.07, 6.45) is 0. The van der Waals surface area contributed by atoms with Crippen molar-refractivity contribution in [3.8, 4) is 5.75 Å². The average Bonchev–Trinajstić information content (AvgIpc) is 3.18. The number of sulfonamides is 1. The maximum atomic E-state index is 12.9. The van der Waals surface area contributed by atoms with E-state index in [1.807, 2.05) is 11.4 Å². The lowest BCUT2D eigenvalue weighted by Crippen LogP contribution is -2.38. The molecule has 0 bridgehead atoms. The summed E-state index contributed by atoms with van der Waals surface area (Å²) in [4.78, 5) is 12.9. The number of hydrogen-bond donors (Lipinski definition) is 1. The first kappa shape index (κ1) is 27.9. The Morgan fingerprint density at radius 2 is 1.64 bits per heavy atom. The molecule has 14 heteroatoms. The normalized spacial score (nSPS) is 13.9. The van der Waals surface area contributed by atoms with Gasteiger partial charge in [-0.25, -0.2) is 13.2 Å². The Kier molecular flexibility index (Phi) is 7.75. The van der Waals surface area contributed by atoms with Gasteiger partial charge in [-0.05, 0) is 73.0 Å². The van der Waals surface area contributed by atoms with Gasteiger partial charge in [0, 0.05) is 4.70 Å². The molecule has 1 aromatic heterocycles. The maximum Gasteiger partial charge on any atom is 0.534 e. The lowest BCUT2D eigenvalue weighted by molar-refractivity contribution is -0.157. The summed E-state index contributed by atoms with van der Waals surface area (Å²) < 4.78 is 98.7. The van der Waals surface area contributed by atoms with Crippen LogP contribution in [0.5, 0.6) is 5.75 Å². The molecule has 8 nitrogen and oxygen atoms in total. The van der Waals surface area contributed by atoms with Crippen LogP contribution in [-0.4, -0.2) is 33.9 Å². The molecule has 0 radical (unpaired) electrons. The van der Waals surface area contributed by atoms with E-state index in [1.165, 1.54) is 11.3 Å². The number of nitrogens with one attached hydrogen (secondary N) is 1. The molecule has 2 aromatic carbocycles. The molecule has 0 fully saturated rings. The van der Waals surface area contributed by atoms with Crippen molar-refractivity contribution in [2.24, 2.45) is 0 Å². The van der Waals surface area contributed by atoms with Crippen LogP contribution in [0.15, 0.2) is 53.9 Å². The van der Waals surface area contributed by atoms with Crippen LogP contribution in [0.25, 0.3) is 10.1 Å². The SMILES string of the molecule is CC(C)(C)OC(=O)C(NS(=O)(=O)Cc1ccc2sccc2c1)c1ccc(OS(=O)(=O)C(F)(F)F)cc1. The largest absolute Gasteiger partial charge is 0.534 e. The smallest absolute Gasteiger partial charge is 0.459 e. The van der Waals surface area contributed by atoms with Crippen LogP contribution in [0, 0.1) is 0 Å². The quantitative estimate of drug-likeness (QED) is 0.241. The van der Waals surface area contributed by atoms with E-state index in [1.54, 1.807) is 39.0 Å².